The number of hydrogen-bond acceptors (Lipinski definition) is 5. The van der Waals surface area contributed by atoms with Crippen molar-refractivity contribution in [2.75, 3.05) is 39.9 Å². The summed E-state index contributed by atoms with van der Waals surface area (Å²) < 4.78 is 40.3. The fourth-order valence-electron chi connectivity index (χ4n) is 3.89. The SMILES string of the molecule is COc1ccc(C(=O)N2CCN(Cc3ccc4c(c3)CCO4)CC2)cc1OC(F)F. The molecule has 0 unspecified atom stereocenters. The van der Waals surface area contributed by atoms with Crippen molar-refractivity contribution in [1.29, 1.82) is 0 Å². The number of nitrogens with zero attached hydrogens (tertiary/aromatic N) is 2. The minimum absolute atomic E-state index is 0.141. The summed E-state index contributed by atoms with van der Waals surface area (Å²) in [6.45, 7) is 1.22. The molecule has 0 saturated carbocycles. The molecule has 2 aliphatic rings. The molecule has 1 saturated heterocycles. The van der Waals surface area contributed by atoms with Gasteiger partial charge in [0.25, 0.3) is 5.91 Å². The maximum atomic E-state index is 12.8. The van der Waals surface area contributed by atoms with Gasteiger partial charge in [0, 0.05) is 44.7 Å². The number of ether oxygens (including phenoxy) is 3. The van der Waals surface area contributed by atoms with E-state index >= 15 is 0 Å². The smallest absolute Gasteiger partial charge is 0.387 e. The van der Waals surface area contributed by atoms with Gasteiger partial charge in [0.05, 0.1) is 13.7 Å². The number of halogens is 2. The largest absolute Gasteiger partial charge is 0.493 e. The van der Waals surface area contributed by atoms with Crippen LogP contribution in [0.2, 0.25) is 0 Å². The van der Waals surface area contributed by atoms with Gasteiger partial charge >= 0.3 is 6.61 Å². The Morgan fingerprint density at radius 1 is 1.10 bits per heavy atom. The Balaban J connectivity index is 1.36. The van der Waals surface area contributed by atoms with Crippen LogP contribution in [-0.4, -0.2) is 62.2 Å². The Morgan fingerprint density at radius 2 is 1.90 bits per heavy atom. The highest BCUT2D eigenvalue weighted by molar-refractivity contribution is 5.95. The van der Waals surface area contributed by atoms with Crippen molar-refractivity contribution in [2.24, 2.45) is 0 Å². The predicted octanol–water partition coefficient (Wildman–Crippen LogP) is 3.19. The molecular weight excluding hydrogens is 394 g/mol. The molecule has 0 aromatic heterocycles. The standard InChI is InChI=1S/C22H24F2N2O4/c1-28-19-5-3-17(13-20(19)30-22(23)24)21(27)26-9-7-25(8-10-26)14-15-2-4-18-16(12-15)6-11-29-18/h2-5,12-13,22H,6-11,14H2,1H3. The number of alkyl halides is 2. The van der Waals surface area contributed by atoms with Gasteiger partial charge in [-0.05, 0) is 35.4 Å². The summed E-state index contributed by atoms with van der Waals surface area (Å²) >= 11 is 0. The molecule has 2 aromatic rings. The highest BCUT2D eigenvalue weighted by Gasteiger charge is 2.24. The summed E-state index contributed by atoms with van der Waals surface area (Å²) in [7, 11) is 1.36. The second-order valence-electron chi connectivity index (χ2n) is 7.35. The van der Waals surface area contributed by atoms with E-state index in [2.05, 4.69) is 21.8 Å². The lowest BCUT2D eigenvalue weighted by molar-refractivity contribution is -0.0512. The molecule has 0 N–H and O–H groups in total. The van der Waals surface area contributed by atoms with E-state index in [9.17, 15) is 13.6 Å². The minimum atomic E-state index is -2.99. The molecule has 2 aromatic carbocycles. The zero-order chi connectivity index (χ0) is 21.1. The highest BCUT2D eigenvalue weighted by atomic mass is 19.3. The first-order chi connectivity index (χ1) is 14.5. The molecule has 2 heterocycles. The van der Waals surface area contributed by atoms with Crippen molar-refractivity contribution >= 4 is 5.91 Å². The number of amides is 1. The third-order valence-electron chi connectivity index (χ3n) is 5.45. The molecule has 4 rings (SSSR count). The topological polar surface area (TPSA) is 51.2 Å². The van der Waals surface area contributed by atoms with Crippen LogP contribution in [0.5, 0.6) is 17.2 Å². The molecule has 0 aliphatic carbocycles. The Hall–Kier alpha value is -2.87. The second-order valence-corrected chi connectivity index (χ2v) is 7.35. The zero-order valence-corrected chi connectivity index (χ0v) is 16.8. The van der Waals surface area contributed by atoms with Crippen molar-refractivity contribution in [3.8, 4) is 17.2 Å². The van der Waals surface area contributed by atoms with Crippen molar-refractivity contribution in [3.63, 3.8) is 0 Å². The fourth-order valence-corrected chi connectivity index (χ4v) is 3.89. The Bertz CT molecular complexity index is 914. The molecule has 6 nitrogen and oxygen atoms in total. The number of rotatable bonds is 6. The number of carbonyl (C=O) groups excluding carboxylic acids is 1. The monoisotopic (exact) mass is 418 g/mol. The summed E-state index contributed by atoms with van der Waals surface area (Å²) in [4.78, 5) is 16.9. The van der Waals surface area contributed by atoms with Gasteiger partial charge in [-0.2, -0.15) is 8.78 Å². The summed E-state index contributed by atoms with van der Waals surface area (Å²) in [6, 6.07) is 10.7. The van der Waals surface area contributed by atoms with Gasteiger partial charge in [-0.3, -0.25) is 9.69 Å². The van der Waals surface area contributed by atoms with Gasteiger partial charge in [0.15, 0.2) is 11.5 Å². The number of benzene rings is 2. The molecule has 0 radical (unpaired) electrons. The average Bonchev–Trinajstić information content (AvgIpc) is 3.21. The molecular formula is C22H24F2N2O4. The van der Waals surface area contributed by atoms with Gasteiger partial charge < -0.3 is 19.1 Å². The number of methoxy groups -OCH3 is 1. The number of hydrogen-bond donors (Lipinski definition) is 0. The molecule has 0 spiro atoms. The van der Waals surface area contributed by atoms with Crippen molar-refractivity contribution < 1.29 is 27.8 Å². The van der Waals surface area contributed by atoms with E-state index in [0.717, 1.165) is 38.4 Å². The van der Waals surface area contributed by atoms with Crippen LogP contribution in [0.4, 0.5) is 8.78 Å². The lowest BCUT2D eigenvalue weighted by Crippen LogP contribution is -2.48. The fraction of sp³-hybridized carbons (Fsp3) is 0.409. The van der Waals surface area contributed by atoms with Gasteiger partial charge in [-0.15, -0.1) is 0 Å². The van der Waals surface area contributed by atoms with Gasteiger partial charge in [-0.25, -0.2) is 0 Å². The van der Waals surface area contributed by atoms with E-state index in [1.54, 1.807) is 11.0 Å². The third kappa shape index (κ3) is 4.48. The second kappa shape index (κ2) is 8.87. The Morgan fingerprint density at radius 3 is 2.63 bits per heavy atom. The molecule has 8 heteroatoms. The molecule has 1 fully saturated rings. The molecule has 160 valence electrons. The summed E-state index contributed by atoms with van der Waals surface area (Å²) in [5.74, 6) is 0.795. The summed E-state index contributed by atoms with van der Waals surface area (Å²) in [5.41, 5.74) is 2.80. The molecule has 0 atom stereocenters. The number of fused-ring (bicyclic) bond motifs is 1. The maximum absolute atomic E-state index is 12.8. The molecule has 2 aliphatic heterocycles. The van der Waals surface area contributed by atoms with Crippen LogP contribution in [-0.2, 0) is 13.0 Å². The molecule has 1 amide bonds. The quantitative estimate of drug-likeness (QED) is 0.721. The van der Waals surface area contributed by atoms with Gasteiger partial charge in [-0.1, -0.05) is 12.1 Å². The normalized spacial score (nSPS) is 16.3. The van der Waals surface area contributed by atoms with Crippen molar-refractivity contribution in [2.45, 2.75) is 19.6 Å². The van der Waals surface area contributed by atoms with Crippen molar-refractivity contribution in [1.82, 2.24) is 9.80 Å². The Labute approximate surface area is 173 Å². The minimum Gasteiger partial charge on any atom is -0.493 e. The first kappa shape index (κ1) is 20.4. The first-order valence-electron chi connectivity index (χ1n) is 9.92. The third-order valence-corrected chi connectivity index (χ3v) is 5.45. The Kier molecular flexibility index (Phi) is 6.03. The molecule has 30 heavy (non-hydrogen) atoms. The lowest BCUT2D eigenvalue weighted by Gasteiger charge is -2.35. The van der Waals surface area contributed by atoms with E-state index in [0.29, 0.717) is 18.7 Å². The van der Waals surface area contributed by atoms with E-state index in [-0.39, 0.29) is 17.4 Å². The van der Waals surface area contributed by atoms with Crippen LogP contribution in [0.15, 0.2) is 36.4 Å². The van der Waals surface area contributed by atoms with Crippen molar-refractivity contribution in [3.05, 3.63) is 53.1 Å². The first-order valence-corrected chi connectivity index (χ1v) is 9.92. The van der Waals surface area contributed by atoms with E-state index < -0.39 is 6.61 Å². The van der Waals surface area contributed by atoms with Crippen LogP contribution < -0.4 is 14.2 Å². The number of piperazine rings is 1. The van der Waals surface area contributed by atoms with E-state index in [4.69, 9.17) is 9.47 Å². The van der Waals surface area contributed by atoms with Gasteiger partial charge in [0.1, 0.15) is 5.75 Å². The highest BCUT2D eigenvalue weighted by Crippen LogP contribution is 2.30. The van der Waals surface area contributed by atoms with E-state index in [1.165, 1.54) is 30.4 Å². The lowest BCUT2D eigenvalue weighted by atomic mass is 10.1. The van der Waals surface area contributed by atoms with Crippen LogP contribution in [0.25, 0.3) is 0 Å². The maximum Gasteiger partial charge on any atom is 0.387 e. The number of carbonyl (C=O) groups is 1. The predicted molar refractivity (Wildman–Crippen MR) is 106 cm³/mol. The zero-order valence-electron chi connectivity index (χ0n) is 16.8. The van der Waals surface area contributed by atoms with Gasteiger partial charge in [0.2, 0.25) is 0 Å². The van der Waals surface area contributed by atoms with Crippen LogP contribution in [0.1, 0.15) is 21.5 Å². The summed E-state index contributed by atoms with van der Waals surface area (Å²) in [5, 5.41) is 0. The van der Waals surface area contributed by atoms with Crippen LogP contribution in [0, 0.1) is 0 Å². The summed E-state index contributed by atoms with van der Waals surface area (Å²) in [6.07, 6.45) is 0.949. The molecule has 0 bridgehead atoms. The van der Waals surface area contributed by atoms with E-state index in [1.807, 2.05) is 6.07 Å². The van der Waals surface area contributed by atoms with Crippen LogP contribution >= 0.6 is 0 Å². The van der Waals surface area contributed by atoms with Crippen LogP contribution in [0.3, 0.4) is 0 Å². The average molecular weight is 418 g/mol.